The van der Waals surface area contributed by atoms with Gasteiger partial charge in [-0.3, -0.25) is 4.57 Å². The first kappa shape index (κ1) is 29.5. The molecule has 4 aromatic heterocycles. The molecule has 10 aromatic rings. The summed E-state index contributed by atoms with van der Waals surface area (Å²) in [4.78, 5) is 15.3. The molecule has 242 valence electrons. The molecular formula is C46H28N6. The van der Waals surface area contributed by atoms with Crippen LogP contribution in [0.4, 0.5) is 0 Å². The van der Waals surface area contributed by atoms with Crippen LogP contribution < -0.4 is 0 Å². The Bertz CT molecular complexity index is 3020. The van der Waals surface area contributed by atoms with Crippen LogP contribution in [0.2, 0.25) is 0 Å². The quantitative estimate of drug-likeness (QED) is 0.184. The minimum atomic E-state index is 0.575. The van der Waals surface area contributed by atoms with E-state index in [0.29, 0.717) is 17.1 Å². The average molecular weight is 665 g/mol. The Kier molecular flexibility index (Phi) is 6.76. The number of benzene rings is 6. The van der Waals surface area contributed by atoms with E-state index >= 15 is 0 Å². The van der Waals surface area contributed by atoms with Crippen LogP contribution in [-0.2, 0) is 0 Å². The number of nitriles is 1. The van der Waals surface area contributed by atoms with E-state index in [1.54, 1.807) is 6.07 Å². The molecule has 0 aliphatic carbocycles. The third-order valence-electron chi connectivity index (χ3n) is 9.76. The standard InChI is InChI=1S/C46H28N6/c47-29-30-13-11-16-32(27-30)37-28-38(50-46(49-37)31-14-3-1-4-15-31)36-21-12-24-43(48-36)52-40-23-10-8-20-35(40)45-42(52)26-25-41-44(45)34-19-7-9-22-39(34)51(41)33-17-5-2-6-18-33/h1-28H. The SMILES string of the molecule is N#Cc1cccc(-c2cc(-c3cccc(-n4c5ccccc5c5c6c7ccccc7n(-c7ccccc7)c6ccc54)n3)nc(-c3ccccc3)n2)c1. The van der Waals surface area contributed by atoms with Crippen molar-refractivity contribution in [1.29, 1.82) is 5.26 Å². The molecule has 0 aliphatic heterocycles. The van der Waals surface area contributed by atoms with Crippen molar-refractivity contribution in [3.8, 4) is 51.6 Å². The molecule has 6 aromatic carbocycles. The fourth-order valence-corrected chi connectivity index (χ4v) is 7.50. The van der Waals surface area contributed by atoms with Crippen molar-refractivity contribution in [2.45, 2.75) is 0 Å². The summed E-state index contributed by atoms with van der Waals surface area (Å²) in [7, 11) is 0. The second kappa shape index (κ2) is 11.9. The molecule has 6 heteroatoms. The summed E-state index contributed by atoms with van der Waals surface area (Å²) in [6.07, 6.45) is 0. The van der Waals surface area contributed by atoms with Crippen LogP contribution in [0.5, 0.6) is 0 Å². The number of pyridine rings is 1. The van der Waals surface area contributed by atoms with Gasteiger partial charge >= 0.3 is 0 Å². The zero-order valence-corrected chi connectivity index (χ0v) is 27.8. The summed E-state index contributed by atoms with van der Waals surface area (Å²) in [6.45, 7) is 0. The van der Waals surface area contributed by atoms with Gasteiger partial charge in [-0.2, -0.15) is 5.26 Å². The first-order chi connectivity index (χ1) is 25.7. The van der Waals surface area contributed by atoms with Gasteiger partial charge in [-0.05, 0) is 66.7 Å². The van der Waals surface area contributed by atoms with Gasteiger partial charge in [0.15, 0.2) is 5.82 Å². The second-order valence-corrected chi connectivity index (χ2v) is 12.8. The molecule has 10 rings (SSSR count). The van der Waals surface area contributed by atoms with Crippen LogP contribution >= 0.6 is 0 Å². The molecule has 0 bridgehead atoms. The highest BCUT2D eigenvalue weighted by molar-refractivity contribution is 6.28. The highest BCUT2D eigenvalue weighted by Crippen LogP contribution is 2.42. The molecule has 0 aliphatic rings. The molecule has 4 heterocycles. The lowest BCUT2D eigenvalue weighted by Gasteiger charge is -2.12. The van der Waals surface area contributed by atoms with Gasteiger partial charge in [0, 0.05) is 38.4 Å². The molecule has 0 fully saturated rings. The van der Waals surface area contributed by atoms with E-state index < -0.39 is 0 Å². The molecule has 0 spiro atoms. The predicted molar refractivity (Wildman–Crippen MR) is 210 cm³/mol. The van der Waals surface area contributed by atoms with Crippen molar-refractivity contribution in [1.82, 2.24) is 24.1 Å². The molecule has 0 unspecified atom stereocenters. The molecule has 0 saturated carbocycles. The maximum atomic E-state index is 9.61. The molecular weight excluding hydrogens is 637 g/mol. The smallest absolute Gasteiger partial charge is 0.160 e. The Hall–Kier alpha value is -7.36. The van der Waals surface area contributed by atoms with E-state index in [-0.39, 0.29) is 0 Å². The summed E-state index contributed by atoms with van der Waals surface area (Å²) in [5.74, 6) is 1.39. The van der Waals surface area contributed by atoms with Gasteiger partial charge in [-0.1, -0.05) is 103 Å². The topological polar surface area (TPSA) is 72.3 Å². The van der Waals surface area contributed by atoms with Crippen LogP contribution in [-0.4, -0.2) is 24.1 Å². The molecule has 0 atom stereocenters. The van der Waals surface area contributed by atoms with E-state index in [2.05, 4.69) is 112 Å². The largest absolute Gasteiger partial charge is 0.309 e. The Morgan fingerprint density at radius 1 is 0.423 bits per heavy atom. The van der Waals surface area contributed by atoms with Crippen LogP contribution in [0.1, 0.15) is 5.56 Å². The number of hydrogen-bond donors (Lipinski definition) is 0. The van der Waals surface area contributed by atoms with Gasteiger partial charge in [0.05, 0.1) is 50.8 Å². The van der Waals surface area contributed by atoms with Gasteiger partial charge < -0.3 is 4.57 Å². The number of nitrogens with zero attached hydrogens (tertiary/aromatic N) is 6. The highest BCUT2D eigenvalue weighted by atomic mass is 15.1. The maximum absolute atomic E-state index is 9.61. The van der Waals surface area contributed by atoms with Crippen molar-refractivity contribution in [2.75, 3.05) is 0 Å². The van der Waals surface area contributed by atoms with E-state index in [4.69, 9.17) is 15.0 Å². The van der Waals surface area contributed by atoms with E-state index in [1.165, 1.54) is 27.1 Å². The van der Waals surface area contributed by atoms with Crippen molar-refractivity contribution in [3.63, 3.8) is 0 Å². The van der Waals surface area contributed by atoms with Crippen molar-refractivity contribution in [2.24, 2.45) is 0 Å². The Balaban J connectivity index is 1.21. The van der Waals surface area contributed by atoms with Crippen molar-refractivity contribution in [3.05, 3.63) is 175 Å². The number of para-hydroxylation sites is 3. The average Bonchev–Trinajstić information content (AvgIpc) is 3.74. The van der Waals surface area contributed by atoms with Crippen LogP contribution in [0.3, 0.4) is 0 Å². The van der Waals surface area contributed by atoms with Crippen LogP contribution in [0, 0.1) is 11.3 Å². The summed E-state index contributed by atoms with van der Waals surface area (Å²) in [5, 5.41) is 14.4. The van der Waals surface area contributed by atoms with Crippen LogP contribution in [0.25, 0.3) is 89.2 Å². The third kappa shape index (κ3) is 4.68. The zero-order valence-electron chi connectivity index (χ0n) is 27.8. The fourth-order valence-electron chi connectivity index (χ4n) is 7.50. The van der Waals surface area contributed by atoms with Gasteiger partial charge in [-0.15, -0.1) is 0 Å². The summed E-state index contributed by atoms with van der Waals surface area (Å²) < 4.78 is 4.62. The minimum Gasteiger partial charge on any atom is -0.309 e. The van der Waals surface area contributed by atoms with Gasteiger partial charge in [0.25, 0.3) is 0 Å². The lowest BCUT2D eigenvalue weighted by molar-refractivity contribution is 1.07. The van der Waals surface area contributed by atoms with Crippen LogP contribution in [0.15, 0.2) is 170 Å². The lowest BCUT2D eigenvalue weighted by Crippen LogP contribution is -2.01. The van der Waals surface area contributed by atoms with E-state index in [1.807, 2.05) is 66.7 Å². The fraction of sp³-hybridized carbons (Fsp3) is 0. The summed E-state index contributed by atoms with van der Waals surface area (Å²) in [6, 6.07) is 60.0. The van der Waals surface area contributed by atoms with Crippen molar-refractivity contribution < 1.29 is 0 Å². The highest BCUT2D eigenvalue weighted by Gasteiger charge is 2.21. The van der Waals surface area contributed by atoms with Crippen molar-refractivity contribution >= 4 is 43.6 Å². The summed E-state index contributed by atoms with van der Waals surface area (Å²) in [5.41, 5.74) is 10.1. The summed E-state index contributed by atoms with van der Waals surface area (Å²) >= 11 is 0. The normalized spacial score (nSPS) is 11.4. The lowest BCUT2D eigenvalue weighted by atomic mass is 10.1. The molecule has 0 N–H and O–H groups in total. The predicted octanol–water partition coefficient (Wildman–Crippen LogP) is 10.9. The second-order valence-electron chi connectivity index (χ2n) is 12.8. The Morgan fingerprint density at radius 2 is 1.02 bits per heavy atom. The molecule has 0 amide bonds. The Labute approximate surface area is 299 Å². The molecule has 0 radical (unpaired) electrons. The Morgan fingerprint density at radius 3 is 1.75 bits per heavy atom. The van der Waals surface area contributed by atoms with Gasteiger partial charge in [0.2, 0.25) is 0 Å². The number of rotatable bonds is 5. The minimum absolute atomic E-state index is 0.575. The monoisotopic (exact) mass is 664 g/mol. The first-order valence-electron chi connectivity index (χ1n) is 17.2. The molecule has 52 heavy (non-hydrogen) atoms. The molecule has 0 saturated heterocycles. The number of fused-ring (bicyclic) bond motifs is 7. The van der Waals surface area contributed by atoms with E-state index in [9.17, 15) is 5.26 Å². The number of aromatic nitrogens is 5. The zero-order chi connectivity index (χ0) is 34.6. The third-order valence-corrected chi connectivity index (χ3v) is 9.76. The van der Waals surface area contributed by atoms with Gasteiger partial charge in [0.1, 0.15) is 5.82 Å². The molecule has 6 nitrogen and oxygen atoms in total. The first-order valence-corrected chi connectivity index (χ1v) is 17.2. The van der Waals surface area contributed by atoms with Gasteiger partial charge in [-0.25, -0.2) is 15.0 Å². The number of hydrogen-bond acceptors (Lipinski definition) is 4. The van der Waals surface area contributed by atoms with E-state index in [0.717, 1.165) is 50.6 Å². The maximum Gasteiger partial charge on any atom is 0.160 e.